The predicted molar refractivity (Wildman–Crippen MR) is 109 cm³/mol. The van der Waals surface area contributed by atoms with E-state index in [1.54, 1.807) is 13.1 Å². The minimum atomic E-state index is -0.210. The van der Waals surface area contributed by atoms with Crippen molar-refractivity contribution in [3.05, 3.63) is 75.2 Å². The number of hydrogen-bond acceptors (Lipinski definition) is 5. The fourth-order valence-electron chi connectivity index (χ4n) is 3.26. The van der Waals surface area contributed by atoms with Crippen molar-refractivity contribution in [3.63, 3.8) is 0 Å². The number of para-hydroxylation sites is 2. The van der Waals surface area contributed by atoms with Crippen LogP contribution in [0.25, 0.3) is 22.9 Å². The average Bonchev–Trinajstić information content (AvgIpc) is 3.09. The van der Waals surface area contributed by atoms with Crippen molar-refractivity contribution in [3.8, 4) is 11.8 Å². The van der Waals surface area contributed by atoms with Crippen LogP contribution in [0, 0.1) is 18.3 Å². The van der Waals surface area contributed by atoms with Gasteiger partial charge in [-0.1, -0.05) is 12.1 Å². The summed E-state index contributed by atoms with van der Waals surface area (Å²) in [6.45, 7) is 4.31. The molecule has 0 saturated carbocycles. The number of nitrogens with zero attached hydrogens (tertiary/aromatic N) is 3. The van der Waals surface area contributed by atoms with E-state index in [9.17, 15) is 10.1 Å². The zero-order valence-corrected chi connectivity index (χ0v) is 15.6. The molecule has 1 N–H and O–H groups in total. The molecule has 2 heterocycles. The molecule has 0 aliphatic heterocycles. The highest BCUT2D eigenvalue weighted by Crippen LogP contribution is 2.18. The maximum atomic E-state index is 13.2. The maximum Gasteiger partial charge on any atom is 0.265 e. The largest absolute Gasteiger partial charge is 0.494 e. The summed E-state index contributed by atoms with van der Waals surface area (Å²) in [6.07, 6.45) is 1.64. The molecule has 2 aromatic heterocycles. The second-order valence-corrected chi connectivity index (χ2v) is 6.34. The quantitative estimate of drug-likeness (QED) is 0.597. The third kappa shape index (κ3) is 2.83. The van der Waals surface area contributed by atoms with Gasteiger partial charge in [0, 0.05) is 11.9 Å². The van der Waals surface area contributed by atoms with Gasteiger partial charge >= 0.3 is 0 Å². The lowest BCUT2D eigenvalue weighted by Crippen LogP contribution is -2.34. The molecule has 6 heteroatoms. The van der Waals surface area contributed by atoms with Gasteiger partial charge in [-0.05, 0) is 55.8 Å². The molecule has 0 radical (unpaired) electrons. The van der Waals surface area contributed by atoms with Crippen molar-refractivity contribution < 1.29 is 4.74 Å². The number of hydrogen-bond donors (Lipinski definition) is 1. The first-order valence-corrected chi connectivity index (χ1v) is 8.97. The first-order chi connectivity index (χ1) is 13.6. The molecule has 0 amide bonds. The van der Waals surface area contributed by atoms with Gasteiger partial charge in [0.25, 0.3) is 5.56 Å². The highest BCUT2D eigenvalue weighted by atomic mass is 16.5. The first kappa shape index (κ1) is 17.6. The number of imidazole rings is 1. The Labute approximate surface area is 161 Å². The first-order valence-electron chi connectivity index (χ1n) is 8.97. The number of pyridine rings is 1. The minimum Gasteiger partial charge on any atom is -0.494 e. The molecule has 0 spiro atoms. The Morgan fingerprint density at radius 1 is 1.21 bits per heavy atom. The van der Waals surface area contributed by atoms with E-state index in [0.717, 1.165) is 11.4 Å². The molecule has 138 valence electrons. The van der Waals surface area contributed by atoms with Gasteiger partial charge in [0.2, 0.25) is 0 Å². The second kappa shape index (κ2) is 7.05. The van der Waals surface area contributed by atoms with Crippen LogP contribution < -0.4 is 20.8 Å². The van der Waals surface area contributed by atoms with Crippen LogP contribution in [-0.4, -0.2) is 16.0 Å². The Balaban J connectivity index is 1.89. The van der Waals surface area contributed by atoms with Crippen molar-refractivity contribution >= 4 is 28.6 Å². The third-order valence-electron chi connectivity index (χ3n) is 4.66. The molecular weight excluding hydrogens is 352 g/mol. The van der Waals surface area contributed by atoms with E-state index >= 15 is 0 Å². The summed E-state index contributed by atoms with van der Waals surface area (Å²) in [7, 11) is 0. The van der Waals surface area contributed by atoms with Crippen LogP contribution in [0.4, 0.5) is 5.69 Å². The summed E-state index contributed by atoms with van der Waals surface area (Å²) >= 11 is 0. The predicted octanol–water partition coefficient (Wildman–Crippen LogP) is 3.00. The molecule has 0 aliphatic carbocycles. The van der Waals surface area contributed by atoms with E-state index in [0.29, 0.717) is 39.6 Å². The normalized spacial score (nSPS) is 11.7. The highest BCUT2D eigenvalue weighted by molar-refractivity contribution is 5.82. The molecule has 0 saturated heterocycles. The summed E-state index contributed by atoms with van der Waals surface area (Å²) in [4.78, 5) is 17.7. The Bertz CT molecular complexity index is 1330. The Morgan fingerprint density at radius 3 is 2.68 bits per heavy atom. The molecule has 0 bridgehead atoms. The number of rotatable bonds is 4. The number of nitriles is 1. The zero-order valence-electron chi connectivity index (χ0n) is 15.6. The van der Waals surface area contributed by atoms with Gasteiger partial charge in [-0.15, -0.1) is 0 Å². The number of nitrogens with one attached hydrogen (secondary N) is 1. The molecule has 2 aromatic carbocycles. The molecule has 0 atom stereocenters. The summed E-state index contributed by atoms with van der Waals surface area (Å²) in [6, 6.07) is 17.0. The standard InChI is InChI=1S/C22H18N4O2/c1-3-28-16-10-8-15(9-11-16)24-13-18-14(2)17(12-23)21-25-19-6-4-5-7-20(19)26(21)22(18)27/h4-11,13,24H,3H2,1-2H3/b18-13+. The summed E-state index contributed by atoms with van der Waals surface area (Å²) in [5.41, 5.74) is 3.38. The van der Waals surface area contributed by atoms with E-state index in [1.807, 2.05) is 55.5 Å². The van der Waals surface area contributed by atoms with Crippen LogP contribution in [0.2, 0.25) is 0 Å². The maximum absolute atomic E-state index is 13.2. The van der Waals surface area contributed by atoms with Gasteiger partial charge < -0.3 is 10.1 Å². The van der Waals surface area contributed by atoms with Crippen molar-refractivity contribution in [2.45, 2.75) is 13.8 Å². The average molecular weight is 370 g/mol. The van der Waals surface area contributed by atoms with Crippen LogP contribution in [0.1, 0.15) is 18.1 Å². The molecule has 6 nitrogen and oxygen atoms in total. The van der Waals surface area contributed by atoms with Gasteiger partial charge in [-0.3, -0.25) is 9.20 Å². The zero-order chi connectivity index (χ0) is 19.7. The number of aromatic nitrogens is 2. The SMILES string of the molecule is CCOc1ccc(N/C=c2\c(C)c(C#N)c3nc4ccccc4n3c2=O)cc1. The second-order valence-electron chi connectivity index (χ2n) is 6.34. The molecule has 4 aromatic rings. The molecule has 0 unspecified atom stereocenters. The summed E-state index contributed by atoms with van der Waals surface area (Å²) in [5.74, 6) is 0.784. The van der Waals surface area contributed by atoms with Crippen molar-refractivity contribution in [2.75, 3.05) is 11.9 Å². The van der Waals surface area contributed by atoms with E-state index in [1.165, 1.54) is 4.40 Å². The van der Waals surface area contributed by atoms with E-state index in [2.05, 4.69) is 16.4 Å². The van der Waals surface area contributed by atoms with E-state index in [4.69, 9.17) is 4.74 Å². The van der Waals surface area contributed by atoms with Gasteiger partial charge in [-0.25, -0.2) is 4.98 Å². The molecular formula is C22H18N4O2. The Kier molecular flexibility index (Phi) is 4.42. The van der Waals surface area contributed by atoms with Crippen molar-refractivity contribution in [2.24, 2.45) is 0 Å². The third-order valence-corrected chi connectivity index (χ3v) is 4.66. The lowest BCUT2D eigenvalue weighted by Gasteiger charge is -2.06. The van der Waals surface area contributed by atoms with Crippen molar-refractivity contribution in [1.82, 2.24) is 9.38 Å². The number of benzene rings is 2. The number of fused-ring (bicyclic) bond motifs is 3. The van der Waals surface area contributed by atoms with E-state index < -0.39 is 0 Å². The van der Waals surface area contributed by atoms with E-state index in [-0.39, 0.29) is 5.56 Å². The van der Waals surface area contributed by atoms with Gasteiger partial charge in [0.05, 0.1) is 28.4 Å². The van der Waals surface area contributed by atoms with Crippen LogP contribution in [0.5, 0.6) is 5.75 Å². The molecule has 28 heavy (non-hydrogen) atoms. The van der Waals surface area contributed by atoms with Crippen molar-refractivity contribution in [1.29, 1.82) is 5.26 Å². The van der Waals surface area contributed by atoms with Gasteiger partial charge in [0.15, 0.2) is 5.65 Å². The summed E-state index contributed by atoms with van der Waals surface area (Å²) in [5, 5.41) is 13.2. The fourth-order valence-corrected chi connectivity index (χ4v) is 3.26. The fraction of sp³-hybridized carbons (Fsp3) is 0.136. The van der Waals surface area contributed by atoms with Gasteiger partial charge in [-0.2, -0.15) is 5.26 Å². The molecule has 4 rings (SSSR count). The van der Waals surface area contributed by atoms with Gasteiger partial charge in [0.1, 0.15) is 11.8 Å². The number of anilines is 1. The van der Waals surface area contributed by atoms with Crippen LogP contribution in [0.3, 0.4) is 0 Å². The molecule has 0 aliphatic rings. The monoisotopic (exact) mass is 370 g/mol. The smallest absolute Gasteiger partial charge is 0.265 e. The lowest BCUT2D eigenvalue weighted by atomic mass is 10.1. The highest BCUT2D eigenvalue weighted by Gasteiger charge is 2.15. The lowest BCUT2D eigenvalue weighted by molar-refractivity contribution is 0.340. The number of ether oxygens (including phenoxy) is 1. The minimum absolute atomic E-state index is 0.210. The Morgan fingerprint density at radius 2 is 1.96 bits per heavy atom. The van der Waals surface area contributed by atoms with Crippen LogP contribution >= 0.6 is 0 Å². The van der Waals surface area contributed by atoms with Crippen LogP contribution in [0.15, 0.2) is 53.3 Å². The Hall–Kier alpha value is -3.85. The topological polar surface area (TPSA) is 79.4 Å². The summed E-state index contributed by atoms with van der Waals surface area (Å²) < 4.78 is 6.94. The molecule has 0 fully saturated rings. The van der Waals surface area contributed by atoms with Crippen LogP contribution in [-0.2, 0) is 0 Å².